The van der Waals surface area contributed by atoms with E-state index in [0.29, 0.717) is 17.6 Å². The molecule has 9 heteroatoms. The lowest BCUT2D eigenvalue weighted by Crippen LogP contribution is -2.42. The van der Waals surface area contributed by atoms with Gasteiger partial charge in [0.05, 0.1) is 25.6 Å². The van der Waals surface area contributed by atoms with Crippen molar-refractivity contribution in [3.05, 3.63) is 0 Å². The normalized spacial score (nSPS) is 38.4. The second-order valence-corrected chi connectivity index (χ2v) is 6.64. The largest absolute Gasteiger partial charge is 0.387 e. The lowest BCUT2D eigenvalue weighted by atomic mass is 10.1. The van der Waals surface area contributed by atoms with Gasteiger partial charge in [-0.3, -0.25) is 4.18 Å². The third kappa shape index (κ3) is 3.32. The lowest BCUT2D eigenvalue weighted by Gasteiger charge is -2.22. The van der Waals surface area contributed by atoms with Crippen LogP contribution in [0.5, 0.6) is 0 Å². The Bertz CT molecular complexity index is 380. The maximum absolute atomic E-state index is 11.2. The fourth-order valence-corrected chi connectivity index (χ4v) is 3.35. The van der Waals surface area contributed by atoms with Gasteiger partial charge in [0.15, 0.2) is 6.29 Å². The highest BCUT2D eigenvalue weighted by molar-refractivity contribution is 14.1. The highest BCUT2D eigenvalue weighted by atomic mass is 127. The molecule has 7 nitrogen and oxygen atoms in total. The molecular formula is C9H15IO7S. The highest BCUT2D eigenvalue weighted by Crippen LogP contribution is 2.31. The molecule has 2 saturated heterocycles. The molecule has 2 fully saturated rings. The van der Waals surface area contributed by atoms with Crippen LogP contribution in [0.15, 0.2) is 0 Å². The van der Waals surface area contributed by atoms with Crippen LogP contribution in [-0.4, -0.2) is 68.1 Å². The lowest BCUT2D eigenvalue weighted by molar-refractivity contribution is -0.152. The molecule has 1 N–H and O–H groups in total. The predicted octanol–water partition coefficient (Wildman–Crippen LogP) is -0.733. The summed E-state index contributed by atoms with van der Waals surface area (Å²) in [6, 6.07) is 0. The molecule has 0 radical (unpaired) electrons. The van der Waals surface area contributed by atoms with E-state index in [0.717, 1.165) is 6.26 Å². The first kappa shape index (κ1) is 14.9. The Morgan fingerprint density at radius 1 is 1.39 bits per heavy atom. The van der Waals surface area contributed by atoms with Gasteiger partial charge < -0.3 is 19.3 Å². The van der Waals surface area contributed by atoms with Gasteiger partial charge in [-0.25, -0.2) is 0 Å². The van der Waals surface area contributed by atoms with Gasteiger partial charge in [-0.15, -0.1) is 0 Å². The van der Waals surface area contributed by atoms with E-state index >= 15 is 0 Å². The van der Waals surface area contributed by atoms with E-state index in [9.17, 15) is 13.5 Å². The minimum Gasteiger partial charge on any atom is -0.387 e. The zero-order valence-corrected chi connectivity index (χ0v) is 12.7. The van der Waals surface area contributed by atoms with E-state index in [2.05, 4.69) is 22.6 Å². The Hall–Kier alpha value is 0.480. The van der Waals surface area contributed by atoms with Crippen molar-refractivity contribution in [1.29, 1.82) is 0 Å². The van der Waals surface area contributed by atoms with E-state index in [1.165, 1.54) is 0 Å². The Balaban J connectivity index is 2.14. The molecule has 0 aliphatic carbocycles. The molecule has 2 aliphatic rings. The summed E-state index contributed by atoms with van der Waals surface area (Å²) in [7, 11) is -3.69. The third-order valence-corrected chi connectivity index (χ3v) is 4.17. The van der Waals surface area contributed by atoms with E-state index in [1.807, 2.05) is 0 Å². The number of hydrogen-bond donors (Lipinski definition) is 1. The van der Waals surface area contributed by atoms with Crippen LogP contribution in [-0.2, 0) is 28.5 Å². The van der Waals surface area contributed by atoms with E-state index in [-0.39, 0.29) is 0 Å². The average Bonchev–Trinajstić information content (AvgIpc) is 2.87. The minimum absolute atomic E-state index is 0.418. The van der Waals surface area contributed by atoms with Crippen LogP contribution in [0.1, 0.15) is 0 Å². The molecule has 0 saturated carbocycles. The Kier molecular flexibility index (Phi) is 4.84. The Morgan fingerprint density at radius 3 is 2.50 bits per heavy atom. The van der Waals surface area contributed by atoms with Gasteiger partial charge in [-0.1, -0.05) is 22.6 Å². The summed E-state index contributed by atoms with van der Waals surface area (Å²) in [5, 5.41) is 10.0. The molecular weight excluding hydrogens is 379 g/mol. The first-order valence-electron chi connectivity index (χ1n) is 5.43. The summed E-state index contributed by atoms with van der Waals surface area (Å²) in [6.07, 6.45) is -3.01. The number of aliphatic hydroxyl groups is 1. The van der Waals surface area contributed by atoms with Crippen LogP contribution in [0.25, 0.3) is 0 Å². The van der Waals surface area contributed by atoms with Crippen LogP contribution < -0.4 is 0 Å². The first-order chi connectivity index (χ1) is 8.42. The summed E-state index contributed by atoms with van der Waals surface area (Å²) in [5.74, 6) is 0. The van der Waals surface area contributed by atoms with Crippen LogP contribution in [0.2, 0.25) is 0 Å². The summed E-state index contributed by atoms with van der Waals surface area (Å²) < 4.78 is 44.0. The molecule has 2 heterocycles. The van der Waals surface area contributed by atoms with Gasteiger partial charge in [0.1, 0.15) is 18.3 Å². The topological polar surface area (TPSA) is 91.3 Å². The second-order valence-electron chi connectivity index (χ2n) is 4.16. The molecule has 0 spiro atoms. The molecule has 0 aromatic carbocycles. The van der Waals surface area contributed by atoms with Crippen LogP contribution in [0.3, 0.4) is 0 Å². The number of aliphatic hydroxyl groups excluding tert-OH is 1. The number of halogens is 1. The number of rotatable bonds is 4. The zero-order valence-electron chi connectivity index (χ0n) is 9.69. The molecule has 106 valence electrons. The standard InChI is InChI=1S/C9H15IO7S/c1-18(12,13)17-7-6(11)5(4-10)16-8(7)9-14-2-3-15-9/h5-9,11H,2-4H2,1H3/t5-,6+,7-,8+/m0/s1. The summed E-state index contributed by atoms with van der Waals surface area (Å²) in [6.45, 7) is 0.836. The van der Waals surface area contributed by atoms with E-state index in [1.54, 1.807) is 0 Å². The van der Waals surface area contributed by atoms with Crippen molar-refractivity contribution in [3.63, 3.8) is 0 Å². The predicted molar refractivity (Wildman–Crippen MR) is 69.0 cm³/mol. The smallest absolute Gasteiger partial charge is 0.264 e. The number of alkyl halides is 1. The quantitative estimate of drug-likeness (QED) is 0.382. The Morgan fingerprint density at radius 2 is 2.00 bits per heavy atom. The molecule has 0 aromatic rings. The minimum atomic E-state index is -3.69. The van der Waals surface area contributed by atoms with Crippen molar-refractivity contribution < 1.29 is 31.9 Å². The van der Waals surface area contributed by atoms with Crippen molar-refractivity contribution in [1.82, 2.24) is 0 Å². The summed E-state index contributed by atoms with van der Waals surface area (Å²) >= 11 is 2.05. The fourth-order valence-electron chi connectivity index (χ4n) is 1.99. The molecule has 18 heavy (non-hydrogen) atoms. The maximum Gasteiger partial charge on any atom is 0.264 e. The monoisotopic (exact) mass is 394 g/mol. The van der Waals surface area contributed by atoms with Crippen molar-refractivity contribution in [3.8, 4) is 0 Å². The number of hydrogen-bond acceptors (Lipinski definition) is 7. The van der Waals surface area contributed by atoms with Gasteiger partial charge in [-0.2, -0.15) is 8.42 Å². The van der Waals surface area contributed by atoms with E-state index in [4.69, 9.17) is 18.4 Å². The average molecular weight is 394 g/mol. The van der Waals surface area contributed by atoms with Crippen molar-refractivity contribution >= 4 is 32.7 Å². The molecule has 2 aliphatic heterocycles. The van der Waals surface area contributed by atoms with Gasteiger partial charge >= 0.3 is 0 Å². The van der Waals surface area contributed by atoms with Crippen molar-refractivity contribution in [2.75, 3.05) is 23.9 Å². The Labute approximate surface area is 119 Å². The molecule has 0 amide bonds. The van der Waals surface area contributed by atoms with E-state index < -0.39 is 40.8 Å². The summed E-state index contributed by atoms with van der Waals surface area (Å²) in [5.41, 5.74) is 0. The van der Waals surface area contributed by atoms with Crippen LogP contribution in [0.4, 0.5) is 0 Å². The van der Waals surface area contributed by atoms with Gasteiger partial charge in [0.25, 0.3) is 10.1 Å². The summed E-state index contributed by atoms with van der Waals surface area (Å²) in [4.78, 5) is 0. The first-order valence-corrected chi connectivity index (χ1v) is 8.77. The third-order valence-electron chi connectivity index (χ3n) is 2.73. The molecule has 0 aromatic heterocycles. The maximum atomic E-state index is 11.2. The molecule has 4 atom stereocenters. The van der Waals surface area contributed by atoms with Crippen LogP contribution >= 0.6 is 22.6 Å². The van der Waals surface area contributed by atoms with Gasteiger partial charge in [0.2, 0.25) is 0 Å². The fraction of sp³-hybridized carbons (Fsp3) is 1.00. The van der Waals surface area contributed by atoms with Crippen molar-refractivity contribution in [2.45, 2.75) is 30.7 Å². The van der Waals surface area contributed by atoms with Gasteiger partial charge in [-0.05, 0) is 0 Å². The van der Waals surface area contributed by atoms with Crippen molar-refractivity contribution in [2.24, 2.45) is 0 Å². The molecule has 0 bridgehead atoms. The molecule has 0 unspecified atom stereocenters. The number of ether oxygens (including phenoxy) is 3. The second kappa shape index (κ2) is 5.85. The zero-order chi connectivity index (χ0) is 13.3. The molecule has 2 rings (SSSR count). The SMILES string of the molecule is CS(=O)(=O)O[C@H]1[C@H](O)[C@H](CI)O[C@H]1C1OCCO1. The van der Waals surface area contributed by atoms with Crippen LogP contribution in [0, 0.1) is 0 Å². The van der Waals surface area contributed by atoms with Gasteiger partial charge in [0, 0.05) is 4.43 Å². The highest BCUT2D eigenvalue weighted by Gasteiger charge is 2.50.